The molecule has 45 heavy (non-hydrogen) atoms. The molecule has 254 valence electrons. The van der Waals surface area contributed by atoms with E-state index in [9.17, 15) is 48.6 Å². The normalized spacial score (nSPS) is 19.2. The first kappa shape index (κ1) is 38.7. The lowest BCUT2D eigenvalue weighted by molar-refractivity contribution is -0.139. The van der Waals surface area contributed by atoms with Gasteiger partial charge in [0, 0.05) is 19.4 Å². The number of primary amides is 1. The lowest BCUT2D eigenvalue weighted by Crippen LogP contribution is -2.61. The zero-order valence-electron chi connectivity index (χ0n) is 25.2. The van der Waals surface area contributed by atoms with Crippen molar-refractivity contribution in [1.29, 1.82) is 0 Å². The summed E-state index contributed by atoms with van der Waals surface area (Å²) in [6.07, 6.45) is -4.03. The number of aliphatic hydroxyl groups excluding tert-OH is 2. The molecule has 0 aliphatic carbocycles. The molecule has 19 heteroatoms. The van der Waals surface area contributed by atoms with Crippen molar-refractivity contribution in [2.24, 2.45) is 11.7 Å². The fourth-order valence-corrected chi connectivity index (χ4v) is 4.27. The molecule has 0 spiro atoms. The van der Waals surface area contributed by atoms with Crippen molar-refractivity contribution in [3.8, 4) is 0 Å². The number of carboxylic acids is 2. The molecule has 1 aliphatic heterocycles. The second-order valence-corrected chi connectivity index (χ2v) is 11.0. The van der Waals surface area contributed by atoms with Gasteiger partial charge in [0.15, 0.2) is 0 Å². The standard InChI is InChI=1S/C26H43N7O12/c1-11(2)20(32-24(43)16-8-13(35)9-28-16)25(44)33-21(12(3)34)26(45)31-15(5-7-18(37)38)23(42)30-14(4-6-17(27)36)22(41)29-10-19(39)40/h11-16,20-21,28,34-35H,4-10H2,1-3H3,(H2,27,36)(H,29,41)(H,30,42)(H,31,45)(H,32,43)(H,33,44)(H,37,38)(H,39,40)/t12-,13-,14+,15+,16+,20+,21+/m1/s1. The van der Waals surface area contributed by atoms with Crippen LogP contribution in [0.2, 0.25) is 0 Å². The Kier molecular flexibility index (Phi) is 15.9. The van der Waals surface area contributed by atoms with E-state index in [1.807, 2.05) is 5.32 Å². The predicted octanol–water partition coefficient (Wildman–Crippen LogP) is -4.98. The van der Waals surface area contributed by atoms with Crippen molar-refractivity contribution in [2.45, 2.75) is 95.3 Å². The number of hydrogen-bond donors (Lipinski definition) is 11. The maximum absolute atomic E-state index is 13.2. The molecule has 0 aromatic rings. The van der Waals surface area contributed by atoms with Gasteiger partial charge in [0.2, 0.25) is 35.4 Å². The average Bonchev–Trinajstić information content (AvgIpc) is 3.38. The highest BCUT2D eigenvalue weighted by Crippen LogP contribution is 2.10. The largest absolute Gasteiger partial charge is 0.481 e. The Labute approximate surface area is 258 Å². The van der Waals surface area contributed by atoms with Crippen LogP contribution in [0.1, 0.15) is 52.9 Å². The van der Waals surface area contributed by atoms with Gasteiger partial charge in [0.05, 0.1) is 18.2 Å². The Morgan fingerprint density at radius 2 is 1.33 bits per heavy atom. The summed E-state index contributed by atoms with van der Waals surface area (Å²) >= 11 is 0. The van der Waals surface area contributed by atoms with Gasteiger partial charge in [-0.15, -0.1) is 0 Å². The summed E-state index contributed by atoms with van der Waals surface area (Å²) in [5.74, 6) is -8.67. The van der Waals surface area contributed by atoms with Gasteiger partial charge >= 0.3 is 11.9 Å². The van der Waals surface area contributed by atoms with Crippen LogP contribution < -0.4 is 37.6 Å². The number of aliphatic hydroxyl groups is 2. The smallest absolute Gasteiger partial charge is 0.322 e. The Bertz CT molecular complexity index is 1120. The van der Waals surface area contributed by atoms with Crippen LogP contribution in [-0.2, 0) is 38.4 Å². The van der Waals surface area contributed by atoms with Crippen molar-refractivity contribution in [3.05, 3.63) is 0 Å². The fourth-order valence-electron chi connectivity index (χ4n) is 4.27. The topological polar surface area (TPSA) is 316 Å². The molecule has 1 saturated heterocycles. The van der Waals surface area contributed by atoms with Gasteiger partial charge in [0.25, 0.3) is 0 Å². The molecule has 0 radical (unpaired) electrons. The number of hydrogen-bond acceptors (Lipinski definition) is 11. The van der Waals surface area contributed by atoms with Gasteiger partial charge in [-0.2, -0.15) is 0 Å². The van der Waals surface area contributed by atoms with Crippen LogP contribution in [-0.4, -0.2) is 123 Å². The predicted molar refractivity (Wildman–Crippen MR) is 153 cm³/mol. The molecular formula is C26H43N7O12. The van der Waals surface area contributed by atoms with Crippen molar-refractivity contribution in [2.75, 3.05) is 13.1 Å². The van der Waals surface area contributed by atoms with Crippen LogP contribution in [0.25, 0.3) is 0 Å². The Hall–Kier alpha value is -4.36. The minimum atomic E-state index is -1.69. The van der Waals surface area contributed by atoms with Gasteiger partial charge in [0.1, 0.15) is 30.7 Å². The molecule has 12 N–H and O–H groups in total. The van der Waals surface area contributed by atoms with Crippen LogP contribution in [0.3, 0.4) is 0 Å². The number of aliphatic carboxylic acids is 2. The van der Waals surface area contributed by atoms with Crippen molar-refractivity contribution < 1.29 is 58.8 Å². The van der Waals surface area contributed by atoms with E-state index in [4.69, 9.17) is 15.9 Å². The molecule has 0 unspecified atom stereocenters. The summed E-state index contributed by atoms with van der Waals surface area (Å²) in [5.41, 5.74) is 5.11. The third-order valence-electron chi connectivity index (χ3n) is 6.74. The number of nitrogens with two attached hydrogens (primary N) is 1. The molecule has 0 aromatic heterocycles. The zero-order chi connectivity index (χ0) is 34.4. The number of carbonyl (C=O) groups is 8. The molecule has 1 heterocycles. The number of β-amino-alcohol motifs (C(OH)–C–C–N with tert-alkyl or cyclic N) is 1. The maximum atomic E-state index is 13.2. The SMILES string of the molecule is CC(C)[C@H](NC(=O)[C@@H]1C[C@@H](O)CN1)C(=O)N[C@H](C(=O)N[C@@H](CCC(=O)O)C(=O)N[C@@H](CCC(N)=O)C(=O)NCC(=O)O)[C@@H](C)O. The molecule has 1 fully saturated rings. The summed E-state index contributed by atoms with van der Waals surface area (Å²) in [4.78, 5) is 97.9. The average molecular weight is 646 g/mol. The summed E-state index contributed by atoms with van der Waals surface area (Å²) in [6, 6.07) is -6.74. The Morgan fingerprint density at radius 1 is 0.778 bits per heavy atom. The van der Waals surface area contributed by atoms with Gasteiger partial charge in [-0.05, 0) is 32.1 Å². The molecule has 19 nitrogen and oxygen atoms in total. The van der Waals surface area contributed by atoms with Gasteiger partial charge in [-0.1, -0.05) is 13.8 Å². The molecule has 6 amide bonds. The molecule has 0 bridgehead atoms. The first-order chi connectivity index (χ1) is 20.9. The van der Waals surface area contributed by atoms with E-state index in [0.717, 1.165) is 6.92 Å². The highest BCUT2D eigenvalue weighted by atomic mass is 16.4. The first-order valence-corrected chi connectivity index (χ1v) is 14.2. The molecule has 7 atom stereocenters. The lowest BCUT2D eigenvalue weighted by Gasteiger charge is -2.29. The Morgan fingerprint density at radius 3 is 1.82 bits per heavy atom. The number of carboxylic acid groups (broad SMARTS) is 2. The van der Waals surface area contributed by atoms with E-state index in [1.165, 1.54) is 0 Å². The first-order valence-electron chi connectivity index (χ1n) is 14.2. The van der Waals surface area contributed by atoms with Crippen molar-refractivity contribution in [1.82, 2.24) is 31.9 Å². The zero-order valence-corrected chi connectivity index (χ0v) is 25.2. The van der Waals surface area contributed by atoms with Crippen LogP contribution in [0, 0.1) is 5.92 Å². The quantitative estimate of drug-likeness (QED) is 0.0628. The number of carbonyl (C=O) groups excluding carboxylic acids is 6. The van der Waals surface area contributed by atoms with Crippen molar-refractivity contribution >= 4 is 47.4 Å². The fraction of sp³-hybridized carbons (Fsp3) is 0.692. The second-order valence-electron chi connectivity index (χ2n) is 11.0. The van der Waals surface area contributed by atoms with E-state index in [-0.39, 0.29) is 19.4 Å². The number of nitrogens with one attached hydrogen (secondary N) is 6. The van der Waals surface area contributed by atoms with Crippen LogP contribution in [0.4, 0.5) is 0 Å². The third kappa shape index (κ3) is 13.9. The third-order valence-corrected chi connectivity index (χ3v) is 6.74. The lowest BCUT2D eigenvalue weighted by atomic mass is 10.0. The highest BCUT2D eigenvalue weighted by molar-refractivity contribution is 5.96. The van der Waals surface area contributed by atoms with E-state index in [0.29, 0.717) is 0 Å². The van der Waals surface area contributed by atoms with Gasteiger partial charge in [-0.25, -0.2) is 0 Å². The summed E-state index contributed by atoms with van der Waals surface area (Å²) in [7, 11) is 0. The second kappa shape index (κ2) is 18.4. The van der Waals surface area contributed by atoms with E-state index in [1.54, 1.807) is 13.8 Å². The van der Waals surface area contributed by atoms with E-state index < -0.39 is 122 Å². The van der Waals surface area contributed by atoms with Gasteiger partial charge < -0.3 is 58.1 Å². The van der Waals surface area contributed by atoms with E-state index >= 15 is 0 Å². The summed E-state index contributed by atoms with van der Waals surface area (Å²) in [5, 5.41) is 52.2. The number of rotatable bonds is 19. The van der Waals surface area contributed by atoms with Crippen LogP contribution in [0.15, 0.2) is 0 Å². The monoisotopic (exact) mass is 645 g/mol. The minimum Gasteiger partial charge on any atom is -0.481 e. The molecule has 0 aromatic carbocycles. The van der Waals surface area contributed by atoms with Crippen LogP contribution >= 0.6 is 0 Å². The minimum absolute atomic E-state index is 0.126. The van der Waals surface area contributed by atoms with Crippen LogP contribution in [0.5, 0.6) is 0 Å². The van der Waals surface area contributed by atoms with E-state index in [2.05, 4.69) is 26.6 Å². The Balaban J connectivity index is 3.10. The summed E-state index contributed by atoms with van der Waals surface area (Å²) < 4.78 is 0. The maximum Gasteiger partial charge on any atom is 0.322 e. The molecule has 1 aliphatic rings. The van der Waals surface area contributed by atoms with Crippen molar-refractivity contribution in [3.63, 3.8) is 0 Å². The van der Waals surface area contributed by atoms with Gasteiger partial charge in [-0.3, -0.25) is 38.4 Å². The summed E-state index contributed by atoms with van der Waals surface area (Å²) in [6.45, 7) is 3.78. The molecule has 1 rings (SSSR count). The highest BCUT2D eigenvalue weighted by Gasteiger charge is 2.36. The molecule has 0 saturated carbocycles. The number of amides is 6. The molecular weight excluding hydrogens is 602 g/mol.